The fraction of sp³-hybridized carbons (Fsp3) is 0.314. The van der Waals surface area contributed by atoms with E-state index in [1.54, 1.807) is 0 Å². The molecule has 2 unspecified atom stereocenters. The van der Waals surface area contributed by atoms with Gasteiger partial charge in [-0.05, 0) is 85.7 Å². The van der Waals surface area contributed by atoms with Crippen molar-refractivity contribution in [1.29, 1.82) is 0 Å². The number of fused-ring (bicyclic) bond motifs is 1. The number of hydrazine groups is 1. The van der Waals surface area contributed by atoms with E-state index in [0.29, 0.717) is 6.04 Å². The van der Waals surface area contributed by atoms with Gasteiger partial charge in [-0.1, -0.05) is 54.6 Å². The summed E-state index contributed by atoms with van der Waals surface area (Å²) in [6.45, 7) is 7.90. The molecular formula is C35H40N6. The highest BCUT2D eigenvalue weighted by Gasteiger charge is 2.33. The van der Waals surface area contributed by atoms with Crippen molar-refractivity contribution in [3.05, 3.63) is 137 Å². The van der Waals surface area contributed by atoms with Crippen LogP contribution >= 0.6 is 0 Å². The van der Waals surface area contributed by atoms with E-state index in [0.717, 1.165) is 44.7 Å². The summed E-state index contributed by atoms with van der Waals surface area (Å²) in [4.78, 5) is 12.0. The molecule has 2 N–H and O–H groups in total. The Morgan fingerprint density at radius 3 is 2.44 bits per heavy atom. The lowest BCUT2D eigenvalue weighted by molar-refractivity contribution is 0.179. The maximum absolute atomic E-state index is 4.91. The van der Waals surface area contributed by atoms with Gasteiger partial charge in [0.25, 0.3) is 0 Å². The third-order valence-corrected chi connectivity index (χ3v) is 8.45. The summed E-state index contributed by atoms with van der Waals surface area (Å²) in [6.07, 6.45) is 7.26. The van der Waals surface area contributed by atoms with Crippen molar-refractivity contribution < 1.29 is 0 Å². The van der Waals surface area contributed by atoms with Crippen LogP contribution < -0.4 is 15.8 Å². The summed E-state index contributed by atoms with van der Waals surface area (Å²) in [5.74, 6) is 0. The third kappa shape index (κ3) is 6.34. The molecule has 0 saturated heterocycles. The van der Waals surface area contributed by atoms with Gasteiger partial charge in [-0.15, -0.1) is 0 Å². The largest absolute Gasteiger partial charge is 0.307 e. The minimum Gasteiger partial charge on any atom is -0.307 e. The fourth-order valence-corrected chi connectivity index (χ4v) is 6.22. The Morgan fingerprint density at radius 2 is 1.63 bits per heavy atom. The van der Waals surface area contributed by atoms with Gasteiger partial charge in [-0.3, -0.25) is 19.9 Å². The molecule has 210 valence electrons. The minimum absolute atomic E-state index is 0.263. The predicted molar refractivity (Wildman–Crippen MR) is 166 cm³/mol. The van der Waals surface area contributed by atoms with Crippen molar-refractivity contribution >= 4 is 5.69 Å². The molecule has 3 heterocycles. The van der Waals surface area contributed by atoms with Gasteiger partial charge in [0, 0.05) is 44.3 Å². The standard InChI is InChI=1S/C35H40N6/c1-26-33(27(2)41(39-26)32-13-4-3-5-14-32)25-40(34-15-8-10-30-11-9-21-38-35(30)34)24-29-18-16-28(17-19-29)22-36-23-31-12-6-7-20-37-31/h3-7,9,11-14,16-21,27,34,36,39H,8,10,15,22-25H2,1-2H3. The van der Waals surface area contributed by atoms with Crippen LogP contribution in [0.3, 0.4) is 0 Å². The first-order valence-corrected chi connectivity index (χ1v) is 14.8. The van der Waals surface area contributed by atoms with Crippen molar-refractivity contribution in [2.45, 2.75) is 64.8 Å². The van der Waals surface area contributed by atoms with Crippen molar-refractivity contribution in [1.82, 2.24) is 25.6 Å². The average molecular weight is 545 g/mol. The smallest absolute Gasteiger partial charge is 0.0718 e. The number of aryl methyl sites for hydroxylation is 1. The van der Waals surface area contributed by atoms with Crippen molar-refractivity contribution in [2.75, 3.05) is 11.6 Å². The summed E-state index contributed by atoms with van der Waals surface area (Å²) in [7, 11) is 0. The Bertz CT molecular complexity index is 1450. The van der Waals surface area contributed by atoms with Crippen LogP contribution in [0, 0.1) is 0 Å². The van der Waals surface area contributed by atoms with E-state index in [2.05, 4.69) is 112 Å². The monoisotopic (exact) mass is 544 g/mol. The molecule has 0 spiro atoms. The molecule has 0 radical (unpaired) electrons. The maximum atomic E-state index is 4.91. The Kier molecular flexibility index (Phi) is 8.40. The molecule has 0 bridgehead atoms. The number of pyridine rings is 2. The molecule has 41 heavy (non-hydrogen) atoms. The van der Waals surface area contributed by atoms with Crippen LogP contribution in [0.25, 0.3) is 0 Å². The minimum atomic E-state index is 0.263. The number of hydrogen-bond acceptors (Lipinski definition) is 6. The Morgan fingerprint density at radius 1 is 0.854 bits per heavy atom. The van der Waals surface area contributed by atoms with Crippen LogP contribution in [0.5, 0.6) is 0 Å². The third-order valence-electron chi connectivity index (χ3n) is 8.45. The predicted octanol–water partition coefficient (Wildman–Crippen LogP) is 6.33. The van der Waals surface area contributed by atoms with Crippen molar-refractivity contribution in [3.8, 4) is 0 Å². The molecule has 6 heteroatoms. The number of benzene rings is 2. The normalized spacial score (nSPS) is 18.5. The van der Waals surface area contributed by atoms with E-state index in [-0.39, 0.29) is 6.04 Å². The maximum Gasteiger partial charge on any atom is 0.0718 e. The molecule has 4 aromatic rings. The van der Waals surface area contributed by atoms with Gasteiger partial charge in [0.15, 0.2) is 0 Å². The molecule has 2 aromatic carbocycles. The molecule has 6 nitrogen and oxygen atoms in total. The summed E-state index contributed by atoms with van der Waals surface area (Å²) in [5.41, 5.74) is 13.9. The zero-order valence-corrected chi connectivity index (χ0v) is 24.1. The zero-order chi connectivity index (χ0) is 28.0. The van der Waals surface area contributed by atoms with Gasteiger partial charge in [0.2, 0.25) is 0 Å². The van der Waals surface area contributed by atoms with Crippen LogP contribution in [0.15, 0.2) is 109 Å². The highest BCUT2D eigenvalue weighted by Crippen LogP contribution is 2.36. The number of anilines is 1. The molecule has 1 aliphatic heterocycles. The summed E-state index contributed by atoms with van der Waals surface area (Å²) < 4.78 is 0. The molecule has 0 saturated carbocycles. The second-order valence-electron chi connectivity index (χ2n) is 11.2. The average Bonchev–Trinajstić information content (AvgIpc) is 3.30. The molecule has 2 aromatic heterocycles. The topological polar surface area (TPSA) is 56.3 Å². The number of allylic oxidation sites excluding steroid dienone is 1. The zero-order valence-electron chi connectivity index (χ0n) is 24.1. The first kappa shape index (κ1) is 27.2. The van der Waals surface area contributed by atoms with E-state index >= 15 is 0 Å². The van der Waals surface area contributed by atoms with Crippen molar-refractivity contribution in [2.24, 2.45) is 0 Å². The van der Waals surface area contributed by atoms with Gasteiger partial charge in [0.1, 0.15) is 0 Å². The lowest BCUT2D eigenvalue weighted by atomic mass is 9.90. The highest BCUT2D eigenvalue weighted by molar-refractivity contribution is 5.52. The lowest BCUT2D eigenvalue weighted by Crippen LogP contribution is -2.39. The van der Waals surface area contributed by atoms with Crippen LogP contribution in [0.1, 0.15) is 60.8 Å². The number of rotatable bonds is 10. The van der Waals surface area contributed by atoms with Crippen LogP contribution in [0.4, 0.5) is 5.69 Å². The van der Waals surface area contributed by atoms with E-state index < -0.39 is 0 Å². The van der Waals surface area contributed by atoms with Gasteiger partial charge in [0.05, 0.1) is 29.2 Å². The van der Waals surface area contributed by atoms with E-state index in [1.807, 2.05) is 24.5 Å². The van der Waals surface area contributed by atoms with E-state index in [4.69, 9.17) is 4.98 Å². The lowest BCUT2D eigenvalue weighted by Gasteiger charge is -2.36. The Labute approximate surface area is 244 Å². The second-order valence-corrected chi connectivity index (χ2v) is 11.2. The van der Waals surface area contributed by atoms with Gasteiger partial charge in [-0.2, -0.15) is 0 Å². The quantitative estimate of drug-likeness (QED) is 0.243. The van der Waals surface area contributed by atoms with E-state index in [9.17, 15) is 0 Å². The van der Waals surface area contributed by atoms with E-state index in [1.165, 1.54) is 45.8 Å². The summed E-state index contributed by atoms with van der Waals surface area (Å²) in [6, 6.07) is 30.7. The molecule has 2 atom stereocenters. The molecule has 2 aliphatic rings. The number of aromatic nitrogens is 2. The highest BCUT2D eigenvalue weighted by atomic mass is 15.5. The number of nitrogens with zero attached hydrogens (tertiary/aromatic N) is 4. The summed E-state index contributed by atoms with van der Waals surface area (Å²) >= 11 is 0. The second kappa shape index (κ2) is 12.7. The Hall–Kier alpha value is -4.00. The number of hydrogen-bond donors (Lipinski definition) is 2. The molecular weight excluding hydrogens is 504 g/mol. The first-order valence-electron chi connectivity index (χ1n) is 14.8. The van der Waals surface area contributed by atoms with Crippen LogP contribution in [0.2, 0.25) is 0 Å². The van der Waals surface area contributed by atoms with Gasteiger partial charge in [-0.25, -0.2) is 0 Å². The molecule has 0 amide bonds. The van der Waals surface area contributed by atoms with Crippen molar-refractivity contribution in [3.63, 3.8) is 0 Å². The number of nitrogens with one attached hydrogen (secondary N) is 2. The van der Waals surface area contributed by atoms with Gasteiger partial charge < -0.3 is 10.7 Å². The van der Waals surface area contributed by atoms with Gasteiger partial charge >= 0.3 is 0 Å². The van der Waals surface area contributed by atoms with Crippen LogP contribution in [-0.4, -0.2) is 27.5 Å². The molecule has 1 aliphatic carbocycles. The number of para-hydroxylation sites is 1. The Balaban J connectivity index is 1.19. The fourth-order valence-electron chi connectivity index (χ4n) is 6.22. The summed E-state index contributed by atoms with van der Waals surface area (Å²) in [5, 5.41) is 5.81. The molecule has 6 rings (SSSR count). The van der Waals surface area contributed by atoms with Crippen LogP contribution in [-0.2, 0) is 26.1 Å². The first-order chi connectivity index (χ1) is 20.2. The SMILES string of the molecule is CC1=C(CN(Cc2ccc(CNCc3ccccn3)cc2)C2CCCc3cccnc32)C(C)N(c2ccccc2)N1. The molecule has 0 fully saturated rings.